The Morgan fingerprint density at radius 1 is 1.24 bits per heavy atom. The number of carbonyl (C=O) groups is 1. The lowest BCUT2D eigenvalue weighted by molar-refractivity contribution is 0.0788. The number of nitrogens with zero attached hydrogens (tertiary/aromatic N) is 1. The predicted molar refractivity (Wildman–Crippen MR) is 85.8 cm³/mol. The van der Waals surface area contributed by atoms with Crippen molar-refractivity contribution < 1.29 is 4.79 Å². The van der Waals surface area contributed by atoms with E-state index in [2.05, 4.69) is 17.1 Å². The van der Waals surface area contributed by atoms with Crippen LogP contribution in [0, 0.1) is 6.92 Å². The molecule has 0 saturated carbocycles. The Balaban J connectivity index is 0.00000161. The van der Waals surface area contributed by atoms with Gasteiger partial charge in [0, 0.05) is 36.9 Å². The molecule has 3 rings (SSSR count). The normalized spacial score (nSPS) is 21.1. The van der Waals surface area contributed by atoms with Crippen LogP contribution in [0.3, 0.4) is 0 Å². The molecule has 112 valence electrons. The van der Waals surface area contributed by atoms with Crippen LogP contribution in [0.1, 0.15) is 27.5 Å². The second-order valence-electron chi connectivity index (χ2n) is 5.41. The smallest absolute Gasteiger partial charge is 0.255 e. The number of amides is 1. The van der Waals surface area contributed by atoms with Gasteiger partial charge >= 0.3 is 0 Å². The van der Waals surface area contributed by atoms with Crippen LogP contribution in [0.2, 0.25) is 0 Å². The first kappa shape index (κ1) is 15.6. The van der Waals surface area contributed by atoms with Gasteiger partial charge in [0.15, 0.2) is 0 Å². The van der Waals surface area contributed by atoms with E-state index in [1.807, 2.05) is 36.1 Å². The Hall–Kier alpha value is -1.78. The minimum Gasteiger partial charge on any atom is -0.365 e. The van der Waals surface area contributed by atoms with Gasteiger partial charge in [0.2, 0.25) is 0 Å². The van der Waals surface area contributed by atoms with Gasteiger partial charge in [0.1, 0.15) is 0 Å². The van der Waals surface area contributed by atoms with Crippen LogP contribution in [0.5, 0.6) is 0 Å². The van der Waals surface area contributed by atoms with E-state index in [1.54, 1.807) is 6.20 Å². The molecular weight excluding hydrogens is 286 g/mol. The number of likely N-dealkylation sites (tertiary alicyclic amines) is 1. The van der Waals surface area contributed by atoms with E-state index in [0.717, 1.165) is 11.3 Å². The van der Waals surface area contributed by atoms with Crippen molar-refractivity contribution in [2.45, 2.75) is 18.9 Å². The first-order valence-electron chi connectivity index (χ1n) is 6.90. The molecule has 1 aliphatic rings. The van der Waals surface area contributed by atoms with Gasteiger partial charge in [0.05, 0.1) is 5.56 Å². The van der Waals surface area contributed by atoms with Gasteiger partial charge in [-0.25, -0.2) is 0 Å². The monoisotopic (exact) mass is 305 g/mol. The molecule has 2 atom stereocenters. The average Bonchev–Trinajstić information content (AvgIpc) is 3.05. The fourth-order valence-corrected chi connectivity index (χ4v) is 2.90. The molecule has 2 heterocycles. The third kappa shape index (κ3) is 2.96. The van der Waals surface area contributed by atoms with Crippen molar-refractivity contribution >= 4 is 18.3 Å². The topological polar surface area (TPSA) is 62.1 Å². The number of benzene rings is 1. The highest BCUT2D eigenvalue weighted by molar-refractivity contribution is 5.95. The quantitative estimate of drug-likeness (QED) is 0.894. The molecule has 4 nitrogen and oxygen atoms in total. The molecule has 1 fully saturated rings. The molecule has 0 spiro atoms. The minimum atomic E-state index is 0. The summed E-state index contributed by atoms with van der Waals surface area (Å²) in [6.07, 6.45) is 1.80. The molecule has 1 aliphatic heterocycles. The lowest BCUT2D eigenvalue weighted by Gasteiger charge is -2.16. The Morgan fingerprint density at radius 2 is 1.95 bits per heavy atom. The number of nitrogens with one attached hydrogen (secondary N) is 1. The molecule has 0 aliphatic carbocycles. The highest BCUT2D eigenvalue weighted by atomic mass is 35.5. The van der Waals surface area contributed by atoms with Crippen molar-refractivity contribution in [3.8, 4) is 0 Å². The minimum absolute atomic E-state index is 0. The van der Waals surface area contributed by atoms with Crippen LogP contribution in [0.15, 0.2) is 42.6 Å². The highest BCUT2D eigenvalue weighted by Crippen LogP contribution is 2.27. The molecule has 1 amide bonds. The second kappa shape index (κ2) is 6.33. The maximum atomic E-state index is 12.5. The van der Waals surface area contributed by atoms with Gasteiger partial charge in [-0.3, -0.25) is 4.79 Å². The van der Waals surface area contributed by atoms with Crippen molar-refractivity contribution in [3.05, 3.63) is 59.4 Å². The van der Waals surface area contributed by atoms with Crippen LogP contribution in [0.4, 0.5) is 0 Å². The number of nitrogens with two attached hydrogens (primary N) is 1. The van der Waals surface area contributed by atoms with E-state index < -0.39 is 0 Å². The molecule has 1 aromatic carbocycles. The summed E-state index contributed by atoms with van der Waals surface area (Å²) in [7, 11) is 0. The van der Waals surface area contributed by atoms with Crippen LogP contribution in [-0.2, 0) is 0 Å². The second-order valence-corrected chi connectivity index (χ2v) is 5.41. The number of hydrogen-bond donors (Lipinski definition) is 2. The van der Waals surface area contributed by atoms with E-state index in [-0.39, 0.29) is 30.3 Å². The van der Waals surface area contributed by atoms with E-state index in [1.165, 1.54) is 5.56 Å². The van der Waals surface area contributed by atoms with Gasteiger partial charge in [-0.15, -0.1) is 12.4 Å². The summed E-state index contributed by atoms with van der Waals surface area (Å²) < 4.78 is 0. The highest BCUT2D eigenvalue weighted by Gasteiger charge is 2.34. The number of halogens is 1. The van der Waals surface area contributed by atoms with E-state index in [9.17, 15) is 4.79 Å². The van der Waals surface area contributed by atoms with E-state index in [4.69, 9.17) is 5.73 Å². The summed E-state index contributed by atoms with van der Waals surface area (Å²) >= 11 is 0. The average molecular weight is 306 g/mol. The molecule has 0 bridgehead atoms. The van der Waals surface area contributed by atoms with Gasteiger partial charge in [-0.1, -0.05) is 30.3 Å². The maximum Gasteiger partial charge on any atom is 0.255 e. The fraction of sp³-hybridized carbons (Fsp3) is 0.312. The van der Waals surface area contributed by atoms with Gasteiger partial charge in [0.25, 0.3) is 5.91 Å². The maximum absolute atomic E-state index is 12.5. The molecule has 1 saturated heterocycles. The van der Waals surface area contributed by atoms with E-state index >= 15 is 0 Å². The number of hydrogen-bond acceptors (Lipinski definition) is 2. The first-order chi connectivity index (χ1) is 9.66. The summed E-state index contributed by atoms with van der Waals surface area (Å²) in [5, 5.41) is 0. The zero-order valence-corrected chi connectivity index (χ0v) is 12.8. The van der Waals surface area contributed by atoms with Crippen LogP contribution in [0.25, 0.3) is 0 Å². The van der Waals surface area contributed by atoms with Crippen molar-refractivity contribution in [2.75, 3.05) is 13.1 Å². The van der Waals surface area contributed by atoms with Crippen LogP contribution >= 0.6 is 12.4 Å². The summed E-state index contributed by atoms with van der Waals surface area (Å²) in [5.74, 6) is 0.289. The van der Waals surface area contributed by atoms with Gasteiger partial charge < -0.3 is 15.6 Å². The Bertz CT molecular complexity index is 611. The summed E-state index contributed by atoms with van der Waals surface area (Å²) in [6.45, 7) is 3.22. The molecule has 3 N–H and O–H groups in total. The largest absolute Gasteiger partial charge is 0.365 e. The van der Waals surface area contributed by atoms with Gasteiger partial charge in [-0.05, 0) is 18.6 Å². The summed E-state index contributed by atoms with van der Waals surface area (Å²) in [4.78, 5) is 17.4. The third-order valence-corrected chi connectivity index (χ3v) is 4.06. The number of carbonyl (C=O) groups excluding carboxylic acids is 1. The lowest BCUT2D eigenvalue weighted by Crippen LogP contribution is -2.32. The third-order valence-electron chi connectivity index (χ3n) is 4.06. The number of aryl methyl sites for hydroxylation is 1. The molecule has 1 aromatic heterocycles. The van der Waals surface area contributed by atoms with Crippen molar-refractivity contribution in [2.24, 2.45) is 5.73 Å². The Kier molecular flexibility index (Phi) is 4.70. The molecule has 5 heteroatoms. The standard InChI is InChI=1S/C16H19N3O.ClH/c1-11-13(7-8-18-11)16(20)19-9-14(15(17)10-19)12-5-3-2-4-6-12;/h2-8,14-15,18H,9-10,17H2,1H3;1H/t14-,15+;/m0./s1. The first-order valence-corrected chi connectivity index (χ1v) is 6.90. The number of rotatable bonds is 2. The van der Waals surface area contributed by atoms with Gasteiger partial charge in [-0.2, -0.15) is 0 Å². The SMILES string of the molecule is Cc1[nH]ccc1C(=O)N1C[C@@H](N)[C@H](c2ccccc2)C1.Cl. The molecule has 0 unspecified atom stereocenters. The van der Waals surface area contributed by atoms with Crippen molar-refractivity contribution in [3.63, 3.8) is 0 Å². The number of H-pyrrole nitrogens is 1. The van der Waals surface area contributed by atoms with E-state index in [0.29, 0.717) is 13.1 Å². The van der Waals surface area contributed by atoms with Crippen LogP contribution in [-0.4, -0.2) is 34.9 Å². The molecule has 21 heavy (non-hydrogen) atoms. The van der Waals surface area contributed by atoms with Crippen molar-refractivity contribution in [1.82, 2.24) is 9.88 Å². The zero-order chi connectivity index (χ0) is 14.1. The summed E-state index contributed by atoms with van der Waals surface area (Å²) in [5.41, 5.74) is 9.09. The number of aromatic amines is 1. The van der Waals surface area contributed by atoms with Crippen molar-refractivity contribution in [1.29, 1.82) is 0 Å². The fourth-order valence-electron chi connectivity index (χ4n) is 2.90. The zero-order valence-electron chi connectivity index (χ0n) is 12.0. The predicted octanol–water partition coefficient (Wildman–Crippen LogP) is 2.31. The molecule has 0 radical (unpaired) electrons. The molecule has 2 aromatic rings. The Labute approximate surface area is 130 Å². The van der Waals surface area contributed by atoms with Crippen LogP contribution < -0.4 is 5.73 Å². The number of aromatic nitrogens is 1. The summed E-state index contributed by atoms with van der Waals surface area (Å²) in [6, 6.07) is 12.0. The molecular formula is C16H20ClN3O. The lowest BCUT2D eigenvalue weighted by atomic mass is 9.95. The Morgan fingerprint density at radius 3 is 2.57 bits per heavy atom.